The van der Waals surface area contributed by atoms with Crippen molar-refractivity contribution in [2.45, 2.75) is 37.0 Å². The second-order valence-corrected chi connectivity index (χ2v) is 8.87. The first kappa shape index (κ1) is 16.5. The first-order valence-corrected chi connectivity index (χ1v) is 9.69. The van der Waals surface area contributed by atoms with Gasteiger partial charge < -0.3 is 9.84 Å². The van der Waals surface area contributed by atoms with Crippen molar-refractivity contribution in [3.8, 4) is 5.75 Å². The molecule has 1 aromatic carbocycles. The van der Waals surface area contributed by atoms with Gasteiger partial charge >= 0.3 is 5.97 Å². The smallest absolute Gasteiger partial charge is 0.339 e. The summed E-state index contributed by atoms with van der Waals surface area (Å²) in [6.07, 6.45) is 3.58. The molecule has 0 aliphatic heterocycles. The van der Waals surface area contributed by atoms with Crippen molar-refractivity contribution in [3.05, 3.63) is 27.3 Å². The molecule has 2 atom stereocenters. The Kier molecular flexibility index (Phi) is 5.13. The molecule has 1 N–H and O–H groups in total. The van der Waals surface area contributed by atoms with Crippen molar-refractivity contribution in [2.75, 3.05) is 6.26 Å². The molecular weight excluding hydrogens is 407 g/mol. The zero-order chi connectivity index (χ0) is 15.6. The van der Waals surface area contributed by atoms with Gasteiger partial charge in [0.1, 0.15) is 21.2 Å². The SMILES string of the molecule is CS(=O)(=O)C1CCCC(Oc2ccc(I)cc2C(=O)O)C1. The molecule has 1 aliphatic rings. The van der Waals surface area contributed by atoms with Gasteiger partial charge in [-0.2, -0.15) is 0 Å². The van der Waals surface area contributed by atoms with Crippen molar-refractivity contribution in [1.82, 2.24) is 0 Å². The lowest BCUT2D eigenvalue weighted by atomic mass is 9.97. The number of rotatable bonds is 4. The Morgan fingerprint density at radius 1 is 1.38 bits per heavy atom. The average Bonchev–Trinajstić information content (AvgIpc) is 2.40. The molecule has 21 heavy (non-hydrogen) atoms. The van der Waals surface area contributed by atoms with Gasteiger partial charge in [0.15, 0.2) is 0 Å². The van der Waals surface area contributed by atoms with E-state index in [1.54, 1.807) is 18.2 Å². The van der Waals surface area contributed by atoms with Crippen LogP contribution in [-0.2, 0) is 9.84 Å². The van der Waals surface area contributed by atoms with Gasteiger partial charge in [0.25, 0.3) is 0 Å². The fourth-order valence-corrected chi connectivity index (χ4v) is 4.20. The van der Waals surface area contributed by atoms with E-state index >= 15 is 0 Å². The molecule has 1 saturated carbocycles. The van der Waals surface area contributed by atoms with E-state index in [1.165, 1.54) is 6.26 Å². The van der Waals surface area contributed by atoms with Crippen LogP contribution in [0.25, 0.3) is 0 Å². The summed E-state index contributed by atoms with van der Waals surface area (Å²) < 4.78 is 29.9. The van der Waals surface area contributed by atoms with E-state index in [9.17, 15) is 18.3 Å². The highest BCUT2D eigenvalue weighted by Gasteiger charge is 2.30. The van der Waals surface area contributed by atoms with Gasteiger partial charge in [-0.25, -0.2) is 13.2 Å². The molecule has 2 rings (SSSR count). The summed E-state index contributed by atoms with van der Waals surface area (Å²) in [5.74, 6) is -0.735. The van der Waals surface area contributed by atoms with Crippen LogP contribution in [0.3, 0.4) is 0 Å². The molecule has 5 nitrogen and oxygen atoms in total. The van der Waals surface area contributed by atoms with Crippen LogP contribution in [0.5, 0.6) is 5.75 Å². The minimum atomic E-state index is -3.08. The van der Waals surface area contributed by atoms with Crippen LogP contribution in [0, 0.1) is 3.57 Å². The van der Waals surface area contributed by atoms with Gasteiger partial charge in [-0.1, -0.05) is 0 Å². The first-order valence-electron chi connectivity index (χ1n) is 6.65. The number of ether oxygens (including phenoxy) is 1. The van der Waals surface area contributed by atoms with Crippen LogP contribution in [0.1, 0.15) is 36.0 Å². The van der Waals surface area contributed by atoms with Gasteiger partial charge in [0.05, 0.1) is 11.4 Å². The van der Waals surface area contributed by atoms with Crippen molar-refractivity contribution in [3.63, 3.8) is 0 Å². The van der Waals surface area contributed by atoms with E-state index in [2.05, 4.69) is 0 Å². The predicted molar refractivity (Wildman–Crippen MR) is 87.6 cm³/mol. The topological polar surface area (TPSA) is 80.7 Å². The van der Waals surface area contributed by atoms with Gasteiger partial charge in [0, 0.05) is 16.2 Å². The molecule has 0 saturated heterocycles. The summed E-state index contributed by atoms with van der Waals surface area (Å²) in [6, 6.07) is 4.96. The minimum absolute atomic E-state index is 0.114. The third kappa shape index (κ3) is 4.32. The molecule has 1 aliphatic carbocycles. The molecule has 0 heterocycles. The lowest BCUT2D eigenvalue weighted by molar-refractivity contribution is 0.0686. The second-order valence-electron chi connectivity index (χ2n) is 5.30. The molecule has 0 bridgehead atoms. The van der Waals surface area contributed by atoms with Crippen LogP contribution in [-0.4, -0.2) is 37.1 Å². The van der Waals surface area contributed by atoms with E-state index in [-0.39, 0.29) is 11.7 Å². The van der Waals surface area contributed by atoms with Crippen molar-refractivity contribution in [2.24, 2.45) is 0 Å². The fourth-order valence-electron chi connectivity index (χ4n) is 2.55. The number of benzene rings is 1. The van der Waals surface area contributed by atoms with Crippen LogP contribution >= 0.6 is 22.6 Å². The highest BCUT2D eigenvalue weighted by atomic mass is 127. The summed E-state index contributed by atoms with van der Waals surface area (Å²) in [5, 5.41) is 8.83. The van der Waals surface area contributed by atoms with Gasteiger partial charge in [-0.05, 0) is 60.1 Å². The quantitative estimate of drug-likeness (QED) is 0.752. The summed E-state index contributed by atoms with van der Waals surface area (Å²) >= 11 is 2.04. The molecule has 2 unspecified atom stereocenters. The maximum Gasteiger partial charge on any atom is 0.339 e. The zero-order valence-corrected chi connectivity index (χ0v) is 14.6. The number of sulfone groups is 1. The normalized spacial score (nSPS) is 22.8. The Hall–Kier alpha value is -0.830. The zero-order valence-electron chi connectivity index (χ0n) is 11.6. The summed E-state index contributed by atoms with van der Waals surface area (Å²) in [6.45, 7) is 0. The molecule has 0 amide bonds. The van der Waals surface area contributed by atoms with Crippen LogP contribution in [0.15, 0.2) is 18.2 Å². The molecule has 0 spiro atoms. The molecule has 0 radical (unpaired) electrons. The molecule has 116 valence electrons. The van der Waals surface area contributed by atoms with Crippen LogP contribution in [0.4, 0.5) is 0 Å². The molecule has 7 heteroatoms. The van der Waals surface area contributed by atoms with Gasteiger partial charge in [-0.3, -0.25) is 0 Å². The number of aromatic carboxylic acids is 1. The van der Waals surface area contributed by atoms with Gasteiger partial charge in [0.2, 0.25) is 0 Å². The number of halogens is 1. The van der Waals surface area contributed by atoms with E-state index in [0.717, 1.165) is 16.4 Å². The maximum atomic E-state index is 11.7. The lowest BCUT2D eigenvalue weighted by Crippen LogP contribution is -2.33. The van der Waals surface area contributed by atoms with E-state index in [4.69, 9.17) is 4.74 Å². The van der Waals surface area contributed by atoms with E-state index < -0.39 is 21.1 Å². The Morgan fingerprint density at radius 2 is 2.10 bits per heavy atom. The third-order valence-corrected chi connectivity index (χ3v) is 5.96. The highest BCUT2D eigenvalue weighted by Crippen LogP contribution is 2.29. The first-order chi connectivity index (χ1) is 9.77. The van der Waals surface area contributed by atoms with Gasteiger partial charge in [-0.15, -0.1) is 0 Å². The van der Waals surface area contributed by atoms with E-state index in [1.807, 2.05) is 22.6 Å². The summed E-state index contributed by atoms with van der Waals surface area (Å²) in [7, 11) is -3.08. The largest absolute Gasteiger partial charge is 0.489 e. The highest BCUT2D eigenvalue weighted by molar-refractivity contribution is 14.1. The predicted octanol–water partition coefficient (Wildman–Crippen LogP) is 2.72. The number of carboxylic acid groups (broad SMARTS) is 1. The Labute approximate surface area is 137 Å². The number of carboxylic acids is 1. The van der Waals surface area contributed by atoms with Crippen LogP contribution in [0.2, 0.25) is 0 Å². The minimum Gasteiger partial charge on any atom is -0.489 e. The van der Waals surface area contributed by atoms with Crippen LogP contribution < -0.4 is 4.74 Å². The number of carbonyl (C=O) groups is 1. The Morgan fingerprint density at radius 3 is 2.71 bits per heavy atom. The second kappa shape index (κ2) is 6.51. The molecular formula is C14H17IO5S. The Bertz CT molecular complexity index is 641. The maximum absolute atomic E-state index is 11.7. The number of hydrogen-bond donors (Lipinski definition) is 1. The molecule has 0 aromatic heterocycles. The number of hydrogen-bond acceptors (Lipinski definition) is 4. The van der Waals surface area contributed by atoms with Crippen molar-refractivity contribution in [1.29, 1.82) is 0 Å². The summed E-state index contributed by atoms with van der Waals surface area (Å²) in [5.41, 5.74) is 0.114. The van der Waals surface area contributed by atoms with E-state index in [0.29, 0.717) is 18.6 Å². The molecule has 1 fully saturated rings. The fraction of sp³-hybridized carbons (Fsp3) is 0.500. The standard InChI is InChI=1S/C14H17IO5S/c1-21(18,19)11-4-2-3-10(8-11)20-13-6-5-9(15)7-12(13)14(16)17/h5-7,10-11H,2-4,8H2,1H3,(H,16,17). The lowest BCUT2D eigenvalue weighted by Gasteiger charge is -2.29. The average molecular weight is 424 g/mol. The third-order valence-electron chi connectivity index (χ3n) is 3.65. The summed E-state index contributed by atoms with van der Waals surface area (Å²) in [4.78, 5) is 11.3. The monoisotopic (exact) mass is 424 g/mol. The van der Waals surface area contributed by atoms with Crippen molar-refractivity contribution < 1.29 is 23.1 Å². The molecule has 1 aromatic rings. The van der Waals surface area contributed by atoms with Crippen molar-refractivity contribution >= 4 is 38.4 Å². The Balaban J connectivity index is 2.17.